The summed E-state index contributed by atoms with van der Waals surface area (Å²) >= 11 is 0. The number of carboxylic acids is 1. The molecule has 0 unspecified atom stereocenters. The van der Waals surface area contributed by atoms with E-state index in [1.54, 1.807) is 0 Å². The number of hydrogen-bond donors (Lipinski definition) is 4. The first-order valence-electron chi connectivity index (χ1n) is 18.3. The number of hydrogen-bond acceptors (Lipinski definition) is 10. The highest BCUT2D eigenvalue weighted by molar-refractivity contribution is 5.70. The van der Waals surface area contributed by atoms with Gasteiger partial charge >= 0.3 is 23.9 Å². The summed E-state index contributed by atoms with van der Waals surface area (Å²) in [5.41, 5.74) is 16.9. The molecule has 0 aromatic rings. The van der Waals surface area contributed by atoms with Crippen LogP contribution in [0.3, 0.4) is 0 Å². The molecule has 11 nitrogen and oxygen atoms in total. The van der Waals surface area contributed by atoms with Gasteiger partial charge in [0, 0.05) is 31.6 Å². The van der Waals surface area contributed by atoms with Crippen molar-refractivity contribution in [2.24, 2.45) is 58.1 Å². The Kier molecular flexibility index (Phi) is 15.9. The van der Waals surface area contributed by atoms with Crippen molar-refractivity contribution in [3.63, 3.8) is 0 Å². The van der Waals surface area contributed by atoms with Crippen molar-refractivity contribution in [3.05, 3.63) is 0 Å². The molecular weight excluding hydrogens is 602 g/mol. The molecule has 0 amide bonds. The predicted octanol–water partition coefficient (Wildman–Crippen LogP) is 4.71. The van der Waals surface area contributed by atoms with E-state index in [2.05, 4.69) is 20.8 Å². The molecule has 3 rings (SSSR count). The third-order valence-electron chi connectivity index (χ3n) is 11.7. The molecule has 47 heavy (non-hydrogen) atoms. The zero-order valence-electron chi connectivity index (χ0n) is 29.2. The van der Waals surface area contributed by atoms with E-state index in [4.69, 9.17) is 31.4 Å². The maximum Gasteiger partial charge on any atom is 0.306 e. The number of fused-ring (bicyclic) bond motifs is 3. The summed E-state index contributed by atoms with van der Waals surface area (Å²) in [5, 5.41) is 9.38. The van der Waals surface area contributed by atoms with Gasteiger partial charge in [0.1, 0.15) is 18.3 Å². The molecule has 0 aliphatic heterocycles. The molecule has 10 atom stereocenters. The van der Waals surface area contributed by atoms with E-state index in [0.29, 0.717) is 77.4 Å². The topological polar surface area (TPSA) is 194 Å². The first-order valence-corrected chi connectivity index (χ1v) is 18.3. The Balaban J connectivity index is 1.97. The third-order valence-corrected chi connectivity index (χ3v) is 11.7. The Hall–Kier alpha value is -2.24. The van der Waals surface area contributed by atoms with Crippen LogP contribution in [0.25, 0.3) is 0 Å². The lowest BCUT2D eigenvalue weighted by molar-refractivity contribution is -0.185. The highest BCUT2D eigenvalue weighted by atomic mass is 16.6. The Morgan fingerprint density at radius 2 is 1.34 bits per heavy atom. The minimum Gasteiger partial charge on any atom is -0.481 e. The monoisotopic (exact) mass is 665 g/mol. The molecule has 0 bridgehead atoms. The van der Waals surface area contributed by atoms with Gasteiger partial charge < -0.3 is 36.5 Å². The average molecular weight is 666 g/mol. The van der Waals surface area contributed by atoms with Gasteiger partial charge in [-0.3, -0.25) is 19.2 Å². The summed E-state index contributed by atoms with van der Waals surface area (Å²) in [6.45, 7) is 7.99. The number of ether oxygens (including phenoxy) is 3. The first-order chi connectivity index (χ1) is 22.4. The third kappa shape index (κ3) is 11.4. The van der Waals surface area contributed by atoms with E-state index >= 15 is 0 Å². The van der Waals surface area contributed by atoms with Gasteiger partial charge in [-0.25, -0.2) is 0 Å². The lowest BCUT2D eigenvalue weighted by atomic mass is 9.48. The first kappa shape index (κ1) is 39.2. The molecule has 270 valence electrons. The molecular formula is C36H63N3O8. The van der Waals surface area contributed by atoms with Crippen molar-refractivity contribution in [1.82, 2.24) is 0 Å². The number of carbonyl (C=O) groups is 4. The minimum absolute atomic E-state index is 0.0695. The summed E-state index contributed by atoms with van der Waals surface area (Å²) in [5.74, 6) is -0.589. The van der Waals surface area contributed by atoms with Crippen LogP contribution in [0.1, 0.15) is 124 Å². The van der Waals surface area contributed by atoms with Crippen molar-refractivity contribution in [2.45, 2.75) is 142 Å². The molecule has 0 radical (unpaired) electrons. The molecule has 11 heteroatoms. The largest absolute Gasteiger partial charge is 0.481 e. The molecule has 3 aliphatic carbocycles. The van der Waals surface area contributed by atoms with Crippen molar-refractivity contribution in [2.75, 3.05) is 19.6 Å². The van der Waals surface area contributed by atoms with Gasteiger partial charge in [-0.2, -0.15) is 0 Å². The maximum atomic E-state index is 13.1. The second-order valence-corrected chi connectivity index (χ2v) is 15.0. The van der Waals surface area contributed by atoms with Crippen molar-refractivity contribution >= 4 is 23.9 Å². The summed E-state index contributed by atoms with van der Waals surface area (Å²) < 4.78 is 18.5. The predicted molar refractivity (Wildman–Crippen MR) is 179 cm³/mol. The lowest BCUT2D eigenvalue weighted by Crippen LogP contribution is -2.56. The van der Waals surface area contributed by atoms with Crippen LogP contribution in [0.4, 0.5) is 0 Å². The van der Waals surface area contributed by atoms with Crippen LogP contribution in [-0.4, -0.2) is 66.9 Å². The molecule has 3 saturated carbocycles. The van der Waals surface area contributed by atoms with E-state index < -0.39 is 5.97 Å². The second kappa shape index (κ2) is 19.1. The normalized spacial score (nSPS) is 33.1. The fourth-order valence-electron chi connectivity index (χ4n) is 8.95. The van der Waals surface area contributed by atoms with Crippen molar-refractivity contribution in [1.29, 1.82) is 0 Å². The van der Waals surface area contributed by atoms with E-state index in [-0.39, 0.29) is 96.4 Å². The van der Waals surface area contributed by atoms with E-state index in [0.717, 1.165) is 25.7 Å². The van der Waals surface area contributed by atoms with Gasteiger partial charge in [0.2, 0.25) is 0 Å². The maximum absolute atomic E-state index is 13.1. The fourth-order valence-corrected chi connectivity index (χ4v) is 8.95. The van der Waals surface area contributed by atoms with Gasteiger partial charge in [0.05, 0.1) is 0 Å². The van der Waals surface area contributed by atoms with Gasteiger partial charge in [0.25, 0.3) is 0 Å². The highest BCUT2D eigenvalue weighted by Crippen LogP contribution is 2.60. The van der Waals surface area contributed by atoms with Crippen LogP contribution in [0.15, 0.2) is 0 Å². The van der Waals surface area contributed by atoms with Crippen molar-refractivity contribution in [3.8, 4) is 0 Å². The number of esters is 3. The highest BCUT2D eigenvalue weighted by Gasteiger charge is 2.57. The van der Waals surface area contributed by atoms with Crippen LogP contribution in [0.5, 0.6) is 0 Å². The molecule has 0 heterocycles. The number of carboxylic acid groups (broad SMARTS) is 1. The molecule has 0 spiro atoms. The molecule has 3 aliphatic rings. The summed E-state index contributed by atoms with van der Waals surface area (Å²) in [6.07, 6.45) is 8.54. The summed E-state index contributed by atoms with van der Waals surface area (Å²) in [4.78, 5) is 50.2. The van der Waals surface area contributed by atoms with Gasteiger partial charge in [-0.15, -0.1) is 0 Å². The molecule has 0 aromatic heterocycles. The van der Waals surface area contributed by atoms with Crippen LogP contribution < -0.4 is 17.2 Å². The standard InChI is InChI=1S/C36H63N3O8/c1-23(11-13-31(40)41)25-12-10-24(2)35-29(22-28(19-25)46-33(43)8-5-17-38)36(3)15-14-27(45-32(42)7-4-16-37)20-26(36)21-30(35)47-34(44)9-6-18-39/h23-30,35H,4-22,37-39H2,1-3H3,(H,40,41)/t23-,24+,25+,26+,27-,28-,29+,30-,35+,36+/m1/s1. The molecule has 3 fully saturated rings. The van der Waals surface area contributed by atoms with Crippen LogP contribution >= 0.6 is 0 Å². The summed E-state index contributed by atoms with van der Waals surface area (Å²) in [6, 6.07) is 0. The van der Waals surface area contributed by atoms with Crippen LogP contribution in [0, 0.1) is 40.9 Å². The minimum atomic E-state index is -0.803. The van der Waals surface area contributed by atoms with Crippen LogP contribution in [-0.2, 0) is 33.4 Å². The van der Waals surface area contributed by atoms with Crippen LogP contribution in [0.2, 0.25) is 0 Å². The van der Waals surface area contributed by atoms with E-state index in [1.807, 2.05) is 0 Å². The lowest BCUT2D eigenvalue weighted by Gasteiger charge is -2.58. The molecule has 0 saturated heterocycles. The number of aliphatic carboxylic acids is 1. The van der Waals surface area contributed by atoms with Gasteiger partial charge in [0.15, 0.2) is 0 Å². The van der Waals surface area contributed by atoms with Crippen molar-refractivity contribution < 1.29 is 38.5 Å². The summed E-state index contributed by atoms with van der Waals surface area (Å²) in [7, 11) is 0. The Morgan fingerprint density at radius 1 is 0.766 bits per heavy atom. The number of carbonyl (C=O) groups excluding carboxylic acids is 3. The Labute approximate surface area is 281 Å². The van der Waals surface area contributed by atoms with Gasteiger partial charge in [-0.05, 0) is 125 Å². The smallest absolute Gasteiger partial charge is 0.306 e. The number of rotatable bonds is 16. The second-order valence-electron chi connectivity index (χ2n) is 15.0. The van der Waals surface area contributed by atoms with E-state index in [9.17, 15) is 24.3 Å². The SMILES string of the molecule is C[C@H](CCC(=O)O)[C@H]1CC[C@H](C)[C@@H]2[C@H](OC(=O)CCCN)C[C@@H]3C[C@H](OC(=O)CCCN)CC[C@]3(C)[C@H]2C[C@H](OC(=O)CCCN)C1. The Morgan fingerprint density at radius 3 is 1.91 bits per heavy atom. The quantitative estimate of drug-likeness (QED) is 0.132. The molecule has 7 N–H and O–H groups in total. The zero-order chi connectivity index (χ0) is 34.6. The Bertz CT molecular complexity index is 1030. The fraction of sp³-hybridized carbons (Fsp3) is 0.889. The van der Waals surface area contributed by atoms with Gasteiger partial charge in [-0.1, -0.05) is 27.2 Å². The zero-order valence-corrected chi connectivity index (χ0v) is 29.2. The number of nitrogens with two attached hydrogens (primary N) is 3. The van der Waals surface area contributed by atoms with E-state index in [1.165, 1.54) is 0 Å². The molecule has 0 aromatic carbocycles. The average Bonchev–Trinajstić information content (AvgIpc) is 3.09.